The molecule has 0 aliphatic heterocycles. The normalized spacial score (nSPS) is 10.8. The zero-order valence-electron chi connectivity index (χ0n) is 23.9. The lowest BCUT2D eigenvalue weighted by Crippen LogP contribution is -2.06. The van der Waals surface area contributed by atoms with Crippen molar-refractivity contribution in [3.05, 3.63) is 72.8 Å². The lowest BCUT2D eigenvalue weighted by Gasteiger charge is -2.07. The van der Waals surface area contributed by atoms with Gasteiger partial charge in [-0.25, -0.2) is 9.59 Å². The number of ether oxygens (including phenoxy) is 4. The second kappa shape index (κ2) is 19.2. The van der Waals surface area contributed by atoms with E-state index in [1.165, 1.54) is 0 Å². The summed E-state index contributed by atoms with van der Waals surface area (Å²) in [5.41, 5.74) is 2.34. The van der Waals surface area contributed by atoms with Gasteiger partial charge in [-0.3, -0.25) is 0 Å². The number of carbonyl (C=O) groups is 2. The number of carbonyl (C=O) groups excluding carboxylic acids is 2. The molecule has 216 valence electrons. The maximum Gasteiger partial charge on any atom is 0.333 e. The van der Waals surface area contributed by atoms with Crippen molar-refractivity contribution in [3.8, 4) is 11.5 Å². The first-order valence-corrected chi connectivity index (χ1v) is 13.9. The van der Waals surface area contributed by atoms with Gasteiger partial charge in [0.25, 0.3) is 0 Å². The highest BCUT2D eigenvalue weighted by Gasteiger charge is 2.03. The Bertz CT molecular complexity index is 1010. The van der Waals surface area contributed by atoms with Crippen LogP contribution in [-0.4, -0.2) is 38.4 Å². The molecule has 40 heavy (non-hydrogen) atoms. The van der Waals surface area contributed by atoms with Gasteiger partial charge in [0.2, 0.25) is 0 Å². The van der Waals surface area contributed by atoms with E-state index in [4.69, 9.17) is 18.9 Å². The zero-order valence-corrected chi connectivity index (χ0v) is 23.9. The van der Waals surface area contributed by atoms with Crippen LogP contribution in [0, 0.1) is 0 Å². The molecule has 0 aromatic heterocycles. The van der Waals surface area contributed by atoms with Gasteiger partial charge in [0, 0.05) is 11.1 Å². The minimum absolute atomic E-state index is 0.327. The van der Waals surface area contributed by atoms with E-state index in [9.17, 15) is 9.59 Å². The van der Waals surface area contributed by atoms with Crippen molar-refractivity contribution < 1.29 is 28.5 Å². The molecule has 0 radical (unpaired) electrons. The van der Waals surface area contributed by atoms with Crippen LogP contribution >= 0.6 is 0 Å². The summed E-state index contributed by atoms with van der Waals surface area (Å²) in [6.07, 6.45) is 7.54. The Morgan fingerprint density at radius 3 is 1.20 bits per heavy atom. The molecule has 0 unspecified atom stereocenters. The molecule has 0 spiro atoms. The Morgan fingerprint density at radius 2 is 0.875 bits per heavy atom. The number of unbranched alkanes of at least 4 members (excludes halogenated alkanes) is 6. The molecule has 8 heteroatoms. The van der Waals surface area contributed by atoms with Crippen LogP contribution in [-0.2, 0) is 19.1 Å². The van der Waals surface area contributed by atoms with E-state index in [1.54, 1.807) is 13.8 Å². The smallest absolute Gasteiger partial charge is 0.333 e. The van der Waals surface area contributed by atoms with Crippen molar-refractivity contribution in [1.82, 2.24) is 0 Å². The summed E-state index contributed by atoms with van der Waals surface area (Å²) >= 11 is 0. The summed E-state index contributed by atoms with van der Waals surface area (Å²) < 4.78 is 21.7. The van der Waals surface area contributed by atoms with Gasteiger partial charge in [-0.1, -0.05) is 13.2 Å². The molecule has 2 aromatic rings. The highest BCUT2D eigenvalue weighted by molar-refractivity contribution is 5.87. The predicted molar refractivity (Wildman–Crippen MR) is 157 cm³/mol. The van der Waals surface area contributed by atoms with Gasteiger partial charge in [0.15, 0.2) is 0 Å². The second-order valence-corrected chi connectivity index (χ2v) is 9.55. The summed E-state index contributed by atoms with van der Waals surface area (Å²) in [5, 5.41) is 8.58. The number of esters is 2. The molecule has 0 saturated carbocycles. The highest BCUT2D eigenvalue weighted by atomic mass is 16.5. The molecule has 0 heterocycles. The maximum absolute atomic E-state index is 11.3. The average Bonchev–Trinajstić information content (AvgIpc) is 2.95. The quantitative estimate of drug-likeness (QED) is 0.0713. The van der Waals surface area contributed by atoms with Gasteiger partial charge in [-0.15, -0.1) is 0 Å². The van der Waals surface area contributed by atoms with Crippen molar-refractivity contribution in [2.24, 2.45) is 10.2 Å². The first-order valence-electron chi connectivity index (χ1n) is 13.9. The van der Waals surface area contributed by atoms with Crippen molar-refractivity contribution in [2.45, 2.75) is 65.2 Å². The summed E-state index contributed by atoms with van der Waals surface area (Å²) in [7, 11) is 0. The molecule has 0 saturated heterocycles. The molecule has 2 aromatic carbocycles. The summed E-state index contributed by atoms with van der Waals surface area (Å²) in [6, 6.07) is 15.0. The Labute approximate surface area is 238 Å². The fraction of sp³-hybridized carbons (Fsp3) is 0.438. The first kappa shape index (κ1) is 32.3. The molecule has 8 nitrogen and oxygen atoms in total. The molecule has 0 atom stereocenters. The van der Waals surface area contributed by atoms with Gasteiger partial charge >= 0.3 is 11.9 Å². The Kier molecular flexibility index (Phi) is 15.5. The molecule has 0 amide bonds. The number of azo groups is 1. The van der Waals surface area contributed by atoms with Crippen LogP contribution < -0.4 is 9.47 Å². The highest BCUT2D eigenvalue weighted by Crippen LogP contribution is 2.23. The van der Waals surface area contributed by atoms with E-state index in [1.807, 2.05) is 48.5 Å². The molecule has 0 aliphatic rings. The fourth-order valence-electron chi connectivity index (χ4n) is 3.41. The average molecular weight is 551 g/mol. The van der Waals surface area contributed by atoms with Crippen LogP contribution in [0.25, 0.3) is 0 Å². The van der Waals surface area contributed by atoms with Gasteiger partial charge in [0.1, 0.15) is 11.5 Å². The molecule has 0 fully saturated rings. The predicted octanol–water partition coefficient (Wildman–Crippen LogP) is 8.22. The van der Waals surface area contributed by atoms with E-state index >= 15 is 0 Å². The van der Waals surface area contributed by atoms with E-state index < -0.39 is 0 Å². The van der Waals surface area contributed by atoms with E-state index in [-0.39, 0.29) is 11.9 Å². The van der Waals surface area contributed by atoms with Crippen LogP contribution in [0.3, 0.4) is 0 Å². The Hall–Kier alpha value is -3.94. The monoisotopic (exact) mass is 550 g/mol. The third-order valence-corrected chi connectivity index (χ3v) is 5.73. The number of benzene rings is 2. The van der Waals surface area contributed by atoms with E-state index in [2.05, 4.69) is 23.4 Å². The van der Waals surface area contributed by atoms with Crippen LogP contribution in [0.5, 0.6) is 11.5 Å². The third kappa shape index (κ3) is 14.3. The number of hydrogen-bond acceptors (Lipinski definition) is 8. The molecule has 2 rings (SSSR count). The van der Waals surface area contributed by atoms with Gasteiger partial charge in [0.05, 0.1) is 37.8 Å². The minimum atomic E-state index is -0.327. The van der Waals surface area contributed by atoms with E-state index in [0.29, 0.717) is 37.6 Å². The summed E-state index contributed by atoms with van der Waals surface area (Å²) in [5.74, 6) is 0.933. The Balaban J connectivity index is 1.56. The Morgan fingerprint density at radius 1 is 0.550 bits per heavy atom. The number of hydrogen-bond donors (Lipinski definition) is 0. The topological polar surface area (TPSA) is 95.8 Å². The largest absolute Gasteiger partial charge is 0.494 e. The second-order valence-electron chi connectivity index (χ2n) is 9.55. The fourth-order valence-corrected chi connectivity index (χ4v) is 3.41. The summed E-state index contributed by atoms with van der Waals surface area (Å²) in [4.78, 5) is 22.6. The SMILES string of the molecule is C=C(C)C(=O)OCCCCCCOc1ccc(/N=N/c2ccc(OCCCCCCOC(=O)C(=C)C)cc2)cc1. The first-order chi connectivity index (χ1) is 19.3. The van der Waals surface area contributed by atoms with Crippen molar-refractivity contribution in [3.63, 3.8) is 0 Å². The molecule has 0 N–H and O–H groups in total. The molecule has 0 bridgehead atoms. The van der Waals surface area contributed by atoms with Crippen LogP contribution in [0.4, 0.5) is 11.4 Å². The lowest BCUT2D eigenvalue weighted by atomic mass is 10.2. The van der Waals surface area contributed by atoms with Crippen LogP contribution in [0.1, 0.15) is 65.2 Å². The molecular weight excluding hydrogens is 508 g/mol. The standard InChI is InChI=1S/C32H42N2O6/c1-25(2)31(35)39-23-11-7-5-9-21-37-29-17-13-27(14-18-29)33-34-28-15-19-30(20-16-28)38-22-10-6-8-12-24-40-32(36)26(3)4/h13-20H,1,3,5-12,21-24H2,2,4H3/b34-33+. The van der Waals surface area contributed by atoms with Crippen molar-refractivity contribution in [1.29, 1.82) is 0 Å². The van der Waals surface area contributed by atoms with Gasteiger partial charge in [-0.2, -0.15) is 10.2 Å². The van der Waals surface area contributed by atoms with Gasteiger partial charge in [-0.05, 0) is 114 Å². The zero-order chi connectivity index (χ0) is 29.0. The maximum atomic E-state index is 11.3. The molecular formula is C32H42N2O6. The minimum Gasteiger partial charge on any atom is -0.494 e. The van der Waals surface area contributed by atoms with Crippen LogP contribution in [0.2, 0.25) is 0 Å². The number of nitrogens with zero attached hydrogens (tertiary/aromatic N) is 2. The number of rotatable bonds is 20. The molecule has 0 aliphatic carbocycles. The van der Waals surface area contributed by atoms with Gasteiger partial charge < -0.3 is 18.9 Å². The van der Waals surface area contributed by atoms with Crippen molar-refractivity contribution in [2.75, 3.05) is 26.4 Å². The third-order valence-electron chi connectivity index (χ3n) is 5.73. The lowest BCUT2D eigenvalue weighted by molar-refractivity contribution is -0.139. The van der Waals surface area contributed by atoms with Crippen molar-refractivity contribution >= 4 is 23.3 Å². The summed E-state index contributed by atoms with van der Waals surface area (Å²) in [6.45, 7) is 12.5. The van der Waals surface area contributed by atoms with Crippen LogP contribution in [0.15, 0.2) is 83.1 Å². The van der Waals surface area contributed by atoms with E-state index in [0.717, 1.165) is 74.2 Å².